The Kier molecular flexibility index (Phi) is 6.76. The van der Waals surface area contributed by atoms with Gasteiger partial charge in [0.05, 0.1) is 0 Å². The molecule has 1 fully saturated rings. The van der Waals surface area contributed by atoms with Crippen LogP contribution in [0.1, 0.15) is 70.9 Å². The van der Waals surface area contributed by atoms with E-state index in [2.05, 4.69) is 56.0 Å². The predicted octanol–water partition coefficient (Wildman–Crippen LogP) is 5.68. The number of rotatable bonds is 7. The quantitative estimate of drug-likeness (QED) is 0.624. The largest absolute Gasteiger partial charge is 0.296 e. The maximum atomic E-state index is 2.78. The van der Waals surface area contributed by atoms with Crippen molar-refractivity contribution in [1.29, 1.82) is 0 Å². The summed E-state index contributed by atoms with van der Waals surface area (Å²) in [5.41, 5.74) is 1.54. The molecule has 21 heavy (non-hydrogen) atoms. The molecule has 1 saturated heterocycles. The predicted molar refractivity (Wildman–Crippen MR) is 92.5 cm³/mol. The zero-order valence-electron chi connectivity index (χ0n) is 14.2. The average Bonchev–Trinajstić information content (AvgIpc) is 2.53. The third kappa shape index (κ3) is 4.57. The van der Waals surface area contributed by atoms with E-state index < -0.39 is 0 Å². The minimum Gasteiger partial charge on any atom is -0.296 e. The first-order valence-corrected chi connectivity index (χ1v) is 9.05. The number of unbranched alkanes of at least 4 members (excludes halogenated alkanes) is 1. The van der Waals surface area contributed by atoms with Crippen LogP contribution in [0.3, 0.4) is 0 Å². The summed E-state index contributed by atoms with van der Waals surface area (Å²) in [6.07, 6.45) is 8.09. The zero-order valence-corrected chi connectivity index (χ0v) is 14.2. The lowest BCUT2D eigenvalue weighted by Gasteiger charge is -2.41. The molecule has 1 heteroatoms. The topological polar surface area (TPSA) is 3.24 Å². The molecule has 2 rings (SSSR count). The first-order valence-electron chi connectivity index (χ1n) is 9.05. The minimum atomic E-state index is 0.634. The molecule has 0 N–H and O–H groups in total. The van der Waals surface area contributed by atoms with Gasteiger partial charge in [0.25, 0.3) is 0 Å². The van der Waals surface area contributed by atoms with Crippen molar-refractivity contribution in [2.24, 2.45) is 11.8 Å². The van der Waals surface area contributed by atoms with Gasteiger partial charge in [0, 0.05) is 6.04 Å². The van der Waals surface area contributed by atoms with Crippen LogP contribution in [0.5, 0.6) is 0 Å². The second-order valence-corrected chi connectivity index (χ2v) is 6.88. The summed E-state index contributed by atoms with van der Waals surface area (Å²) in [6.45, 7) is 9.66. The second kappa shape index (κ2) is 8.58. The Morgan fingerprint density at radius 3 is 2.33 bits per heavy atom. The molecule has 1 heterocycles. The molecule has 0 radical (unpaired) electrons. The van der Waals surface area contributed by atoms with Gasteiger partial charge in [0.1, 0.15) is 0 Å². The van der Waals surface area contributed by atoms with Crippen LogP contribution in [0, 0.1) is 11.8 Å². The van der Waals surface area contributed by atoms with Crippen molar-refractivity contribution in [3.63, 3.8) is 0 Å². The lowest BCUT2D eigenvalue weighted by Crippen LogP contribution is -2.39. The summed E-state index contributed by atoms with van der Waals surface area (Å²) in [5, 5.41) is 0. The van der Waals surface area contributed by atoms with E-state index in [9.17, 15) is 0 Å². The van der Waals surface area contributed by atoms with Gasteiger partial charge in [0.15, 0.2) is 0 Å². The van der Waals surface area contributed by atoms with E-state index in [0.29, 0.717) is 6.04 Å². The molecule has 1 nitrogen and oxygen atoms in total. The van der Waals surface area contributed by atoms with Crippen molar-refractivity contribution in [1.82, 2.24) is 4.90 Å². The monoisotopic (exact) mass is 287 g/mol. The van der Waals surface area contributed by atoms with Crippen LogP contribution in [0.15, 0.2) is 30.3 Å². The molecular weight excluding hydrogens is 254 g/mol. The fourth-order valence-electron chi connectivity index (χ4n) is 3.79. The fraction of sp³-hybridized carbons (Fsp3) is 0.700. The van der Waals surface area contributed by atoms with Gasteiger partial charge in [-0.3, -0.25) is 4.90 Å². The average molecular weight is 287 g/mol. The lowest BCUT2D eigenvalue weighted by molar-refractivity contribution is 0.0910. The molecule has 118 valence electrons. The van der Waals surface area contributed by atoms with E-state index in [-0.39, 0.29) is 0 Å². The van der Waals surface area contributed by atoms with Gasteiger partial charge in [0.2, 0.25) is 0 Å². The molecule has 1 aromatic rings. The zero-order chi connectivity index (χ0) is 15.1. The summed E-state index contributed by atoms with van der Waals surface area (Å²) in [7, 11) is 0. The van der Waals surface area contributed by atoms with Gasteiger partial charge in [-0.1, -0.05) is 70.4 Å². The van der Waals surface area contributed by atoms with Crippen molar-refractivity contribution in [3.05, 3.63) is 35.9 Å². The van der Waals surface area contributed by atoms with Crippen molar-refractivity contribution < 1.29 is 0 Å². The van der Waals surface area contributed by atoms with Gasteiger partial charge in [-0.2, -0.15) is 0 Å². The molecule has 0 spiro atoms. The maximum Gasteiger partial charge on any atom is 0.0376 e. The first kappa shape index (κ1) is 16.5. The Labute approximate surface area is 131 Å². The second-order valence-electron chi connectivity index (χ2n) is 6.88. The smallest absolute Gasteiger partial charge is 0.0376 e. The molecule has 1 aliphatic rings. The fourth-order valence-corrected chi connectivity index (χ4v) is 3.79. The van der Waals surface area contributed by atoms with E-state index in [1.165, 1.54) is 57.2 Å². The normalized spacial score (nSPS) is 20.3. The molecule has 0 saturated carbocycles. The van der Waals surface area contributed by atoms with E-state index >= 15 is 0 Å². The lowest BCUT2D eigenvalue weighted by atomic mass is 9.84. The van der Waals surface area contributed by atoms with Crippen molar-refractivity contribution in [2.45, 2.75) is 65.3 Å². The summed E-state index contributed by atoms with van der Waals surface area (Å²) < 4.78 is 0. The van der Waals surface area contributed by atoms with E-state index in [1.807, 2.05) is 0 Å². The van der Waals surface area contributed by atoms with Crippen LogP contribution in [0.4, 0.5) is 0 Å². The van der Waals surface area contributed by atoms with Gasteiger partial charge >= 0.3 is 0 Å². The van der Waals surface area contributed by atoms with Crippen LogP contribution in [0.2, 0.25) is 0 Å². The third-order valence-electron chi connectivity index (χ3n) is 5.25. The van der Waals surface area contributed by atoms with Gasteiger partial charge in [-0.15, -0.1) is 0 Å². The Morgan fingerprint density at radius 2 is 1.76 bits per heavy atom. The number of hydrogen-bond acceptors (Lipinski definition) is 1. The first-order chi connectivity index (χ1) is 10.3. The van der Waals surface area contributed by atoms with Crippen LogP contribution in [-0.2, 0) is 0 Å². The highest BCUT2D eigenvalue weighted by Crippen LogP contribution is 2.36. The molecule has 0 amide bonds. The molecular formula is C20H33N. The van der Waals surface area contributed by atoms with E-state index in [0.717, 1.165) is 11.8 Å². The molecule has 0 aliphatic carbocycles. The summed E-state index contributed by atoms with van der Waals surface area (Å²) in [4.78, 5) is 2.78. The molecule has 2 unspecified atom stereocenters. The number of benzene rings is 1. The van der Waals surface area contributed by atoms with Crippen LogP contribution in [0.25, 0.3) is 0 Å². The van der Waals surface area contributed by atoms with E-state index in [1.54, 1.807) is 0 Å². The maximum absolute atomic E-state index is 2.78. The van der Waals surface area contributed by atoms with Crippen molar-refractivity contribution in [2.75, 3.05) is 13.1 Å². The number of nitrogens with zero attached hydrogens (tertiary/aromatic N) is 1. The standard InChI is InChI=1S/C20H33N/c1-4-6-10-18(5-2)20(19-11-8-7-9-12-19)21-15-13-17(3)14-16-21/h7-9,11-12,17-18,20H,4-6,10,13-16H2,1-3H3. The van der Waals surface area contributed by atoms with E-state index in [4.69, 9.17) is 0 Å². The highest BCUT2D eigenvalue weighted by atomic mass is 15.2. The molecule has 1 aromatic carbocycles. The number of likely N-dealkylation sites (tertiary alicyclic amines) is 1. The Balaban J connectivity index is 2.17. The molecule has 2 atom stereocenters. The molecule has 1 aliphatic heterocycles. The minimum absolute atomic E-state index is 0.634. The van der Waals surface area contributed by atoms with Gasteiger partial charge < -0.3 is 0 Å². The summed E-state index contributed by atoms with van der Waals surface area (Å²) in [5.74, 6) is 1.72. The van der Waals surface area contributed by atoms with Crippen molar-refractivity contribution >= 4 is 0 Å². The van der Waals surface area contributed by atoms with Crippen LogP contribution in [-0.4, -0.2) is 18.0 Å². The highest BCUT2D eigenvalue weighted by molar-refractivity contribution is 5.20. The molecule has 0 bridgehead atoms. The Morgan fingerprint density at radius 1 is 1.10 bits per heavy atom. The van der Waals surface area contributed by atoms with Crippen LogP contribution < -0.4 is 0 Å². The highest BCUT2D eigenvalue weighted by Gasteiger charge is 2.29. The Hall–Kier alpha value is -0.820. The summed E-state index contributed by atoms with van der Waals surface area (Å²) >= 11 is 0. The molecule has 0 aromatic heterocycles. The van der Waals surface area contributed by atoms with Gasteiger partial charge in [-0.25, -0.2) is 0 Å². The Bertz CT molecular complexity index is 373. The van der Waals surface area contributed by atoms with Gasteiger partial charge in [-0.05, 0) is 49.8 Å². The van der Waals surface area contributed by atoms with Crippen LogP contribution >= 0.6 is 0 Å². The summed E-state index contributed by atoms with van der Waals surface area (Å²) in [6, 6.07) is 11.9. The third-order valence-corrected chi connectivity index (χ3v) is 5.25. The number of piperidine rings is 1. The SMILES string of the molecule is CCCCC(CC)C(c1ccccc1)N1CCC(C)CC1. The number of hydrogen-bond donors (Lipinski definition) is 0. The van der Waals surface area contributed by atoms with Crippen molar-refractivity contribution in [3.8, 4) is 0 Å².